The Morgan fingerprint density at radius 1 is 1.14 bits per heavy atom. The van der Waals surface area contributed by atoms with Crippen LogP contribution in [0.1, 0.15) is 42.6 Å². The number of hydrogen-bond donors (Lipinski definition) is 2. The zero-order chi connectivity index (χ0) is 30.9. The molecule has 0 radical (unpaired) electrons. The van der Waals surface area contributed by atoms with Gasteiger partial charge in [0, 0.05) is 62.0 Å². The van der Waals surface area contributed by atoms with Crippen molar-refractivity contribution in [2.24, 2.45) is 0 Å². The molecule has 0 bridgehead atoms. The number of alkyl halides is 3. The molecular weight excluding hydrogens is 572 g/mol. The van der Waals surface area contributed by atoms with E-state index in [2.05, 4.69) is 25.2 Å². The number of anilines is 2. The fraction of sp³-hybridized carbons (Fsp3) is 0.448. The number of carbonyl (C=O) groups is 1. The second kappa shape index (κ2) is 12.3. The van der Waals surface area contributed by atoms with E-state index in [4.69, 9.17) is 9.47 Å². The molecule has 230 valence electrons. The van der Waals surface area contributed by atoms with Crippen LogP contribution in [0.2, 0.25) is 0 Å². The molecule has 0 spiro atoms. The quantitative estimate of drug-likeness (QED) is 0.400. The molecule has 2 aliphatic heterocycles. The Labute approximate surface area is 245 Å². The molecule has 5 rings (SSSR count). The van der Waals surface area contributed by atoms with Crippen LogP contribution in [0.4, 0.5) is 28.9 Å². The summed E-state index contributed by atoms with van der Waals surface area (Å²) in [6.45, 7) is 6.04. The third-order valence-electron chi connectivity index (χ3n) is 7.86. The van der Waals surface area contributed by atoms with Crippen LogP contribution in [0.5, 0.6) is 6.01 Å². The van der Waals surface area contributed by atoms with Gasteiger partial charge in [-0.1, -0.05) is 0 Å². The van der Waals surface area contributed by atoms with E-state index in [1.54, 1.807) is 0 Å². The SMILES string of the molecule is C[C@@H]1CN(c2cc(F)c(-c3ccnc(OC4CCOCC4)n3)cc2NC(=O)c2c[nH]c(=O)cc2C(F)(F)F)C[C@H](C)N1C. The zero-order valence-electron chi connectivity index (χ0n) is 23.9. The second-order valence-corrected chi connectivity index (χ2v) is 10.8. The fourth-order valence-corrected chi connectivity index (χ4v) is 5.30. The van der Waals surface area contributed by atoms with Crippen LogP contribution < -0.4 is 20.5 Å². The number of ether oxygens (including phenoxy) is 2. The van der Waals surface area contributed by atoms with E-state index < -0.39 is 34.6 Å². The van der Waals surface area contributed by atoms with E-state index in [1.807, 2.05) is 25.8 Å². The van der Waals surface area contributed by atoms with Crippen LogP contribution in [0.3, 0.4) is 0 Å². The van der Waals surface area contributed by atoms with Gasteiger partial charge in [0.25, 0.3) is 5.91 Å². The smallest absolute Gasteiger partial charge is 0.417 e. The van der Waals surface area contributed by atoms with E-state index in [0.29, 0.717) is 50.9 Å². The van der Waals surface area contributed by atoms with Crippen molar-refractivity contribution in [2.75, 3.05) is 43.6 Å². The molecule has 2 N–H and O–H groups in total. The minimum Gasteiger partial charge on any atom is -0.460 e. The molecule has 2 aliphatic rings. The lowest BCUT2D eigenvalue weighted by Gasteiger charge is -2.44. The van der Waals surface area contributed by atoms with Crippen LogP contribution in [-0.2, 0) is 10.9 Å². The fourth-order valence-electron chi connectivity index (χ4n) is 5.30. The van der Waals surface area contributed by atoms with E-state index >= 15 is 4.39 Å². The molecule has 2 fully saturated rings. The van der Waals surface area contributed by atoms with Crippen molar-refractivity contribution in [3.05, 3.63) is 64.0 Å². The third kappa shape index (κ3) is 6.80. The van der Waals surface area contributed by atoms with E-state index in [-0.39, 0.29) is 41.1 Å². The number of pyridine rings is 1. The summed E-state index contributed by atoms with van der Waals surface area (Å²) in [5.74, 6) is -1.77. The summed E-state index contributed by atoms with van der Waals surface area (Å²) in [6, 6.07) is 4.57. The number of aromatic nitrogens is 3. The van der Waals surface area contributed by atoms with E-state index in [0.717, 1.165) is 6.20 Å². The molecule has 14 heteroatoms. The number of benzene rings is 1. The van der Waals surface area contributed by atoms with Crippen molar-refractivity contribution in [2.45, 2.75) is 51.1 Å². The monoisotopic (exact) mass is 604 g/mol. The largest absolute Gasteiger partial charge is 0.460 e. The van der Waals surface area contributed by atoms with Crippen molar-refractivity contribution >= 4 is 17.3 Å². The maximum atomic E-state index is 15.8. The van der Waals surface area contributed by atoms with Crippen molar-refractivity contribution in [3.63, 3.8) is 0 Å². The lowest BCUT2D eigenvalue weighted by molar-refractivity contribution is -0.138. The molecule has 2 aromatic heterocycles. The summed E-state index contributed by atoms with van der Waals surface area (Å²) in [7, 11) is 1.98. The molecule has 2 saturated heterocycles. The molecule has 0 unspecified atom stereocenters. The Balaban J connectivity index is 1.55. The minimum atomic E-state index is -4.96. The number of piperazine rings is 1. The molecule has 3 aromatic rings. The van der Waals surface area contributed by atoms with Crippen LogP contribution in [0, 0.1) is 5.82 Å². The highest BCUT2D eigenvalue weighted by molar-refractivity contribution is 6.07. The van der Waals surface area contributed by atoms with Gasteiger partial charge in [-0.2, -0.15) is 18.2 Å². The predicted molar refractivity (Wildman–Crippen MR) is 151 cm³/mol. The lowest BCUT2D eigenvalue weighted by Crippen LogP contribution is -2.55. The lowest BCUT2D eigenvalue weighted by atomic mass is 10.0. The number of amides is 1. The highest BCUT2D eigenvalue weighted by Gasteiger charge is 2.36. The maximum Gasteiger partial charge on any atom is 0.417 e. The number of hydrogen-bond acceptors (Lipinski definition) is 8. The Hall–Kier alpha value is -4.04. The van der Waals surface area contributed by atoms with Crippen molar-refractivity contribution in [1.82, 2.24) is 19.9 Å². The Morgan fingerprint density at radius 3 is 2.51 bits per heavy atom. The number of aromatic amines is 1. The molecule has 0 saturated carbocycles. The van der Waals surface area contributed by atoms with E-state index in [1.165, 1.54) is 24.4 Å². The van der Waals surface area contributed by atoms with Gasteiger partial charge >= 0.3 is 12.2 Å². The molecule has 4 heterocycles. The van der Waals surface area contributed by atoms with Gasteiger partial charge in [0.2, 0.25) is 5.56 Å². The molecule has 2 atom stereocenters. The summed E-state index contributed by atoms with van der Waals surface area (Å²) in [6.07, 6.45) is -1.68. The first-order valence-electron chi connectivity index (χ1n) is 13.9. The summed E-state index contributed by atoms with van der Waals surface area (Å²) >= 11 is 0. The highest BCUT2D eigenvalue weighted by atomic mass is 19.4. The molecular formula is C29H32F4N6O4. The topological polar surface area (TPSA) is 113 Å². The number of likely N-dealkylation sites (N-methyl/N-ethyl adjacent to an activating group) is 1. The van der Waals surface area contributed by atoms with Crippen LogP contribution in [0.25, 0.3) is 11.3 Å². The molecule has 1 aromatic carbocycles. The Bertz CT molecular complexity index is 1530. The number of halogens is 4. The van der Waals surface area contributed by atoms with Gasteiger partial charge in [0.05, 0.1) is 41.4 Å². The normalized spacial score (nSPS) is 20.2. The third-order valence-corrected chi connectivity index (χ3v) is 7.86. The molecule has 0 aliphatic carbocycles. The van der Waals surface area contributed by atoms with Crippen LogP contribution >= 0.6 is 0 Å². The molecule has 10 nitrogen and oxygen atoms in total. The maximum absolute atomic E-state index is 15.8. The Kier molecular flexibility index (Phi) is 8.69. The van der Waals surface area contributed by atoms with Gasteiger partial charge in [-0.25, -0.2) is 9.37 Å². The van der Waals surface area contributed by atoms with Crippen molar-refractivity contribution in [3.8, 4) is 17.3 Å². The van der Waals surface area contributed by atoms with Gasteiger partial charge in [0.15, 0.2) is 0 Å². The predicted octanol–water partition coefficient (Wildman–Crippen LogP) is 4.33. The summed E-state index contributed by atoms with van der Waals surface area (Å²) in [5, 5.41) is 2.54. The summed E-state index contributed by atoms with van der Waals surface area (Å²) in [5.41, 5.74) is -2.63. The van der Waals surface area contributed by atoms with Crippen molar-refractivity contribution in [1.29, 1.82) is 0 Å². The minimum absolute atomic E-state index is 0.00832. The standard InChI is InChI=1S/C29H32F4N6O4/c1-16-14-39(15-17(2)38(16)3)25-12-22(30)19(23-4-7-34-28(37-23)43-18-5-8-42-9-6-18)10-24(25)36-27(41)20-13-35-26(40)11-21(20)29(31,32)33/h4,7,10-13,16-18H,5-6,8-9,14-15H2,1-3H3,(H,35,40)(H,36,41)/t16-,17+. The van der Waals surface area contributed by atoms with E-state index in [9.17, 15) is 22.8 Å². The molecule has 43 heavy (non-hydrogen) atoms. The number of H-pyrrole nitrogens is 1. The summed E-state index contributed by atoms with van der Waals surface area (Å²) < 4.78 is 68.2. The van der Waals surface area contributed by atoms with Gasteiger partial charge in [0.1, 0.15) is 11.9 Å². The van der Waals surface area contributed by atoms with Gasteiger partial charge in [-0.15, -0.1) is 0 Å². The number of carbonyl (C=O) groups excluding carboxylic acids is 1. The first-order chi connectivity index (χ1) is 20.4. The Morgan fingerprint density at radius 2 is 1.84 bits per heavy atom. The number of nitrogens with zero attached hydrogens (tertiary/aromatic N) is 4. The van der Waals surface area contributed by atoms with Gasteiger partial charge < -0.3 is 24.7 Å². The zero-order valence-corrected chi connectivity index (χ0v) is 23.9. The average Bonchev–Trinajstić information content (AvgIpc) is 2.96. The van der Waals surface area contributed by atoms with Gasteiger partial charge in [-0.05, 0) is 39.1 Å². The second-order valence-electron chi connectivity index (χ2n) is 10.8. The number of rotatable bonds is 6. The van der Waals surface area contributed by atoms with Crippen LogP contribution in [0.15, 0.2) is 41.5 Å². The highest BCUT2D eigenvalue weighted by Crippen LogP contribution is 2.37. The average molecular weight is 605 g/mol. The summed E-state index contributed by atoms with van der Waals surface area (Å²) in [4.78, 5) is 39.6. The van der Waals surface area contributed by atoms with Crippen LogP contribution in [-0.4, -0.2) is 77.3 Å². The first kappa shape index (κ1) is 30.4. The first-order valence-corrected chi connectivity index (χ1v) is 13.9. The van der Waals surface area contributed by atoms with Crippen molar-refractivity contribution < 1.29 is 31.8 Å². The number of nitrogens with one attached hydrogen (secondary N) is 2. The van der Waals surface area contributed by atoms with Gasteiger partial charge in [-0.3, -0.25) is 14.5 Å². The molecule has 1 amide bonds.